The topological polar surface area (TPSA) is 64.1 Å². The molecule has 1 aliphatic carbocycles. The van der Waals surface area contributed by atoms with Crippen molar-refractivity contribution in [2.75, 3.05) is 5.32 Å². The SMILES string of the molecule is CC(C)(C)OC(=O)Nc1ncnc2c1CCc1sc(Br)cc1-2. The van der Waals surface area contributed by atoms with Gasteiger partial charge in [-0.2, -0.15) is 0 Å². The Morgan fingerprint density at radius 3 is 2.86 bits per heavy atom. The molecule has 22 heavy (non-hydrogen) atoms. The summed E-state index contributed by atoms with van der Waals surface area (Å²) in [5.74, 6) is 0.534. The fourth-order valence-corrected chi connectivity index (χ4v) is 4.11. The van der Waals surface area contributed by atoms with Crippen LogP contribution in [0.3, 0.4) is 0 Å². The zero-order valence-electron chi connectivity index (χ0n) is 12.6. The molecule has 5 nitrogen and oxygen atoms in total. The number of halogens is 1. The fraction of sp³-hybridized carbons (Fsp3) is 0.400. The number of rotatable bonds is 1. The quantitative estimate of drug-likeness (QED) is 0.794. The standard InChI is InChI=1S/C15H16BrN3O2S/c1-15(2,3)21-14(20)19-13-8-4-5-10-9(6-11(16)22-10)12(8)17-7-18-13/h6-7H,4-5H2,1-3H3,(H,17,18,19,20). The van der Waals surface area contributed by atoms with Crippen LogP contribution < -0.4 is 5.32 Å². The van der Waals surface area contributed by atoms with E-state index in [1.807, 2.05) is 20.8 Å². The van der Waals surface area contributed by atoms with Gasteiger partial charge in [0, 0.05) is 16.0 Å². The van der Waals surface area contributed by atoms with Crippen molar-refractivity contribution in [3.05, 3.63) is 26.6 Å². The smallest absolute Gasteiger partial charge is 0.413 e. The maximum absolute atomic E-state index is 12.0. The van der Waals surface area contributed by atoms with Crippen LogP contribution in [0.25, 0.3) is 11.3 Å². The highest BCUT2D eigenvalue weighted by Crippen LogP contribution is 2.41. The summed E-state index contributed by atoms with van der Waals surface area (Å²) in [6.07, 6.45) is 2.72. The molecule has 0 atom stereocenters. The van der Waals surface area contributed by atoms with Crippen molar-refractivity contribution in [1.29, 1.82) is 0 Å². The number of aromatic nitrogens is 2. The molecule has 2 aromatic rings. The second-order valence-corrected chi connectivity index (χ2v) is 8.58. The first-order chi connectivity index (χ1) is 10.3. The molecule has 2 aromatic heterocycles. The molecule has 3 rings (SSSR count). The Bertz CT molecular complexity index is 737. The van der Waals surface area contributed by atoms with Gasteiger partial charge in [0.1, 0.15) is 17.7 Å². The molecule has 0 radical (unpaired) electrons. The highest BCUT2D eigenvalue weighted by molar-refractivity contribution is 9.11. The number of nitrogens with zero attached hydrogens (tertiary/aromatic N) is 2. The lowest BCUT2D eigenvalue weighted by molar-refractivity contribution is 0.0635. The molecular formula is C15H16BrN3O2S. The van der Waals surface area contributed by atoms with E-state index in [4.69, 9.17) is 4.74 Å². The lowest BCUT2D eigenvalue weighted by Crippen LogP contribution is -2.28. The molecule has 7 heteroatoms. The third-order valence-electron chi connectivity index (χ3n) is 3.20. The molecule has 0 unspecified atom stereocenters. The largest absolute Gasteiger partial charge is 0.444 e. The molecule has 1 amide bonds. The summed E-state index contributed by atoms with van der Waals surface area (Å²) in [5.41, 5.74) is 2.44. The monoisotopic (exact) mass is 381 g/mol. The van der Waals surface area contributed by atoms with Crippen molar-refractivity contribution in [2.24, 2.45) is 0 Å². The number of anilines is 1. The first kappa shape index (κ1) is 15.4. The Hall–Kier alpha value is -1.47. The molecule has 2 heterocycles. The molecule has 1 N–H and O–H groups in total. The number of amides is 1. The van der Waals surface area contributed by atoms with Crippen LogP contribution in [0.4, 0.5) is 10.6 Å². The lowest BCUT2D eigenvalue weighted by Gasteiger charge is -2.21. The summed E-state index contributed by atoms with van der Waals surface area (Å²) in [6, 6.07) is 2.07. The summed E-state index contributed by atoms with van der Waals surface area (Å²) >= 11 is 5.25. The molecule has 0 saturated heterocycles. The van der Waals surface area contributed by atoms with Crippen LogP contribution in [-0.4, -0.2) is 21.7 Å². The van der Waals surface area contributed by atoms with Gasteiger partial charge in [-0.3, -0.25) is 5.32 Å². The second kappa shape index (κ2) is 5.62. The first-order valence-corrected chi connectivity index (χ1v) is 8.57. The fourth-order valence-electron chi connectivity index (χ4n) is 2.41. The van der Waals surface area contributed by atoms with Crippen molar-refractivity contribution in [2.45, 2.75) is 39.2 Å². The van der Waals surface area contributed by atoms with E-state index in [0.29, 0.717) is 5.82 Å². The average Bonchev–Trinajstić information content (AvgIpc) is 2.77. The molecule has 0 fully saturated rings. The van der Waals surface area contributed by atoms with Crippen molar-refractivity contribution in [3.8, 4) is 11.3 Å². The zero-order chi connectivity index (χ0) is 15.9. The van der Waals surface area contributed by atoms with Gasteiger partial charge in [-0.1, -0.05) is 0 Å². The number of carbonyl (C=O) groups is 1. The number of hydrogen-bond acceptors (Lipinski definition) is 5. The van der Waals surface area contributed by atoms with Gasteiger partial charge in [-0.05, 0) is 55.6 Å². The van der Waals surface area contributed by atoms with E-state index in [1.54, 1.807) is 11.3 Å². The van der Waals surface area contributed by atoms with Gasteiger partial charge < -0.3 is 4.74 Å². The van der Waals surface area contributed by atoms with Crippen LogP contribution in [0.2, 0.25) is 0 Å². The van der Waals surface area contributed by atoms with Gasteiger partial charge in [-0.25, -0.2) is 14.8 Å². The highest BCUT2D eigenvalue weighted by Gasteiger charge is 2.25. The van der Waals surface area contributed by atoms with Crippen LogP contribution >= 0.6 is 27.3 Å². The number of nitrogens with one attached hydrogen (secondary N) is 1. The summed E-state index contributed by atoms with van der Waals surface area (Å²) in [4.78, 5) is 21.9. The molecule has 0 spiro atoms. The Kier molecular flexibility index (Phi) is 3.94. The van der Waals surface area contributed by atoms with Crippen LogP contribution in [0, 0.1) is 0 Å². The van der Waals surface area contributed by atoms with Gasteiger partial charge in [-0.15, -0.1) is 11.3 Å². The van der Waals surface area contributed by atoms with Crippen LogP contribution in [0.1, 0.15) is 31.2 Å². The van der Waals surface area contributed by atoms with E-state index in [1.165, 1.54) is 11.2 Å². The molecule has 116 valence electrons. The number of aryl methyl sites for hydroxylation is 1. The van der Waals surface area contributed by atoms with E-state index in [2.05, 4.69) is 37.3 Å². The number of ether oxygens (including phenoxy) is 1. The molecule has 0 aromatic carbocycles. The minimum Gasteiger partial charge on any atom is -0.444 e. The molecule has 0 bridgehead atoms. The van der Waals surface area contributed by atoms with E-state index in [0.717, 1.165) is 33.4 Å². The van der Waals surface area contributed by atoms with E-state index < -0.39 is 11.7 Å². The minimum atomic E-state index is -0.539. The number of carbonyl (C=O) groups excluding carboxylic acids is 1. The number of fused-ring (bicyclic) bond motifs is 3. The predicted octanol–water partition coefficient (Wildman–Crippen LogP) is 4.41. The van der Waals surface area contributed by atoms with Crippen molar-refractivity contribution in [1.82, 2.24) is 9.97 Å². The Morgan fingerprint density at radius 1 is 1.36 bits per heavy atom. The molecule has 0 saturated carbocycles. The first-order valence-electron chi connectivity index (χ1n) is 6.96. The highest BCUT2D eigenvalue weighted by atomic mass is 79.9. The van der Waals surface area contributed by atoms with Gasteiger partial charge >= 0.3 is 6.09 Å². The van der Waals surface area contributed by atoms with Gasteiger partial charge in [0.2, 0.25) is 0 Å². The maximum atomic E-state index is 12.0. The second-order valence-electron chi connectivity index (χ2n) is 6.06. The lowest BCUT2D eigenvalue weighted by atomic mass is 9.95. The van der Waals surface area contributed by atoms with Crippen molar-refractivity contribution >= 4 is 39.2 Å². The maximum Gasteiger partial charge on any atom is 0.413 e. The Morgan fingerprint density at radius 2 is 2.14 bits per heavy atom. The van der Waals surface area contributed by atoms with Crippen molar-refractivity contribution in [3.63, 3.8) is 0 Å². The van der Waals surface area contributed by atoms with Crippen LogP contribution in [0.5, 0.6) is 0 Å². The third-order valence-corrected chi connectivity index (χ3v) is 4.90. The molecular weight excluding hydrogens is 366 g/mol. The van der Waals surface area contributed by atoms with Crippen LogP contribution in [0.15, 0.2) is 16.2 Å². The molecule has 1 aliphatic rings. The summed E-state index contributed by atoms with van der Waals surface area (Å²) < 4.78 is 6.38. The Balaban J connectivity index is 1.91. The van der Waals surface area contributed by atoms with E-state index >= 15 is 0 Å². The van der Waals surface area contributed by atoms with Gasteiger partial charge in [0.15, 0.2) is 0 Å². The Labute approximate surface area is 141 Å². The van der Waals surface area contributed by atoms with Gasteiger partial charge in [0.05, 0.1) is 9.48 Å². The van der Waals surface area contributed by atoms with Crippen LogP contribution in [-0.2, 0) is 17.6 Å². The minimum absolute atomic E-state index is 0.495. The third kappa shape index (κ3) is 3.15. The van der Waals surface area contributed by atoms with E-state index in [-0.39, 0.29) is 0 Å². The number of thiophene rings is 1. The molecule has 0 aliphatic heterocycles. The zero-order valence-corrected chi connectivity index (χ0v) is 15.0. The summed E-state index contributed by atoms with van der Waals surface area (Å²) in [7, 11) is 0. The average molecular weight is 382 g/mol. The summed E-state index contributed by atoms with van der Waals surface area (Å²) in [6.45, 7) is 5.49. The predicted molar refractivity (Wildman–Crippen MR) is 90.3 cm³/mol. The van der Waals surface area contributed by atoms with Crippen molar-refractivity contribution < 1.29 is 9.53 Å². The number of hydrogen-bond donors (Lipinski definition) is 1. The normalized spacial score (nSPS) is 13.3. The van der Waals surface area contributed by atoms with E-state index in [9.17, 15) is 4.79 Å². The van der Waals surface area contributed by atoms with Gasteiger partial charge in [0.25, 0.3) is 0 Å². The summed E-state index contributed by atoms with van der Waals surface area (Å²) in [5, 5.41) is 2.74.